The standard InChI is InChI=1S/C18H15Cl2F3N6O2/c1-9(26-16(31)10-4-11(18(21,22)23)6-13(20)5-10)15-27-17(25-8-30)28-29(15)14-3-2-12(19)7-24-14/h2-7,9,30H,8H2,1H3,(H,25,28)(H,26,31). The molecule has 13 heteroatoms. The molecule has 3 aromatic rings. The van der Waals surface area contributed by atoms with Crippen molar-refractivity contribution >= 4 is 35.1 Å². The highest BCUT2D eigenvalue weighted by molar-refractivity contribution is 6.31. The molecular weight excluding hydrogens is 460 g/mol. The molecule has 1 atom stereocenters. The van der Waals surface area contributed by atoms with Gasteiger partial charge in [0.1, 0.15) is 6.73 Å². The zero-order chi connectivity index (χ0) is 22.8. The number of alkyl halides is 3. The molecule has 0 spiro atoms. The van der Waals surface area contributed by atoms with Crippen LogP contribution in [0.3, 0.4) is 0 Å². The lowest BCUT2D eigenvalue weighted by Gasteiger charge is -2.15. The Morgan fingerprint density at radius 3 is 2.58 bits per heavy atom. The van der Waals surface area contributed by atoms with E-state index < -0.39 is 30.4 Å². The third kappa shape index (κ3) is 5.43. The van der Waals surface area contributed by atoms with Crippen molar-refractivity contribution in [2.24, 2.45) is 0 Å². The van der Waals surface area contributed by atoms with E-state index in [4.69, 9.17) is 28.3 Å². The normalized spacial score (nSPS) is 12.5. The van der Waals surface area contributed by atoms with Gasteiger partial charge in [0.25, 0.3) is 5.91 Å². The van der Waals surface area contributed by atoms with Crippen LogP contribution in [-0.4, -0.2) is 37.5 Å². The summed E-state index contributed by atoms with van der Waals surface area (Å²) in [7, 11) is 0. The molecule has 0 radical (unpaired) electrons. The van der Waals surface area contributed by atoms with Crippen LogP contribution in [0.2, 0.25) is 10.0 Å². The van der Waals surface area contributed by atoms with Crippen molar-refractivity contribution < 1.29 is 23.1 Å². The minimum Gasteiger partial charge on any atom is -0.376 e. The lowest BCUT2D eigenvalue weighted by molar-refractivity contribution is -0.137. The van der Waals surface area contributed by atoms with Crippen LogP contribution in [0.15, 0.2) is 36.5 Å². The van der Waals surface area contributed by atoms with Gasteiger partial charge in [0, 0.05) is 16.8 Å². The lowest BCUT2D eigenvalue weighted by atomic mass is 10.1. The molecule has 8 nitrogen and oxygen atoms in total. The number of amides is 1. The van der Waals surface area contributed by atoms with Crippen LogP contribution in [0.25, 0.3) is 5.82 Å². The highest BCUT2D eigenvalue weighted by Crippen LogP contribution is 2.32. The molecule has 0 saturated heterocycles. The molecule has 2 aromatic heterocycles. The number of carbonyl (C=O) groups excluding carboxylic acids is 1. The molecule has 164 valence electrons. The monoisotopic (exact) mass is 474 g/mol. The van der Waals surface area contributed by atoms with Gasteiger partial charge >= 0.3 is 6.18 Å². The second-order valence-electron chi connectivity index (χ2n) is 6.30. The Labute approximate surface area is 184 Å². The van der Waals surface area contributed by atoms with E-state index in [1.807, 2.05) is 0 Å². The van der Waals surface area contributed by atoms with Crippen LogP contribution in [0.5, 0.6) is 0 Å². The van der Waals surface area contributed by atoms with Crippen LogP contribution in [0.1, 0.15) is 34.7 Å². The van der Waals surface area contributed by atoms with Crippen LogP contribution in [0, 0.1) is 0 Å². The van der Waals surface area contributed by atoms with Gasteiger partial charge in [-0.25, -0.2) is 4.98 Å². The quantitative estimate of drug-likeness (QED) is 0.468. The number of aliphatic hydroxyl groups excluding tert-OH is 1. The molecule has 0 aliphatic rings. The molecule has 0 fully saturated rings. The molecule has 0 saturated carbocycles. The van der Waals surface area contributed by atoms with Crippen LogP contribution >= 0.6 is 23.2 Å². The van der Waals surface area contributed by atoms with Crippen molar-refractivity contribution in [2.45, 2.75) is 19.1 Å². The second kappa shape index (κ2) is 9.08. The van der Waals surface area contributed by atoms with Crippen molar-refractivity contribution in [3.63, 3.8) is 0 Å². The summed E-state index contributed by atoms with van der Waals surface area (Å²) in [6.07, 6.45) is -3.27. The van der Waals surface area contributed by atoms with E-state index in [-0.39, 0.29) is 22.4 Å². The Morgan fingerprint density at radius 1 is 1.23 bits per heavy atom. The van der Waals surface area contributed by atoms with Gasteiger partial charge in [0.15, 0.2) is 11.6 Å². The van der Waals surface area contributed by atoms with E-state index in [1.54, 1.807) is 19.1 Å². The summed E-state index contributed by atoms with van der Waals surface area (Å²) < 4.78 is 40.4. The Balaban J connectivity index is 1.91. The van der Waals surface area contributed by atoms with E-state index in [9.17, 15) is 18.0 Å². The average molecular weight is 475 g/mol. The van der Waals surface area contributed by atoms with Gasteiger partial charge in [-0.3, -0.25) is 4.79 Å². The molecular formula is C18H15Cl2F3N6O2. The zero-order valence-corrected chi connectivity index (χ0v) is 17.3. The first-order valence-corrected chi connectivity index (χ1v) is 9.46. The maximum Gasteiger partial charge on any atom is 0.416 e. The lowest BCUT2D eigenvalue weighted by Crippen LogP contribution is -2.29. The van der Waals surface area contributed by atoms with E-state index in [2.05, 4.69) is 25.7 Å². The molecule has 0 aliphatic heterocycles. The Hall–Kier alpha value is -2.89. The van der Waals surface area contributed by atoms with Crippen molar-refractivity contribution in [1.29, 1.82) is 0 Å². The Kier molecular flexibility index (Phi) is 6.68. The number of halogens is 5. The predicted molar refractivity (Wildman–Crippen MR) is 107 cm³/mol. The van der Waals surface area contributed by atoms with Crippen molar-refractivity contribution in [3.8, 4) is 5.82 Å². The van der Waals surface area contributed by atoms with Crippen molar-refractivity contribution in [3.05, 3.63) is 63.5 Å². The number of aromatic nitrogens is 4. The molecule has 1 unspecified atom stereocenters. The Bertz CT molecular complexity index is 1090. The average Bonchev–Trinajstić information content (AvgIpc) is 3.11. The summed E-state index contributed by atoms with van der Waals surface area (Å²) in [5.41, 5.74) is -1.31. The fourth-order valence-corrected chi connectivity index (χ4v) is 2.99. The highest BCUT2D eigenvalue weighted by Gasteiger charge is 2.32. The summed E-state index contributed by atoms with van der Waals surface area (Å²) in [5, 5.41) is 18.5. The summed E-state index contributed by atoms with van der Waals surface area (Å²) in [5.74, 6) is -0.216. The smallest absolute Gasteiger partial charge is 0.376 e. The van der Waals surface area contributed by atoms with Gasteiger partial charge < -0.3 is 15.7 Å². The fraction of sp³-hybridized carbons (Fsp3) is 0.222. The van der Waals surface area contributed by atoms with Crippen molar-refractivity contribution in [1.82, 2.24) is 25.1 Å². The maximum absolute atomic E-state index is 13.0. The van der Waals surface area contributed by atoms with E-state index in [0.717, 1.165) is 12.1 Å². The number of carbonyl (C=O) groups is 1. The molecule has 3 rings (SSSR count). The van der Waals surface area contributed by atoms with Gasteiger partial charge in [-0.2, -0.15) is 22.8 Å². The van der Waals surface area contributed by atoms with Crippen LogP contribution < -0.4 is 10.6 Å². The number of pyridine rings is 1. The largest absolute Gasteiger partial charge is 0.416 e. The zero-order valence-electron chi connectivity index (χ0n) is 15.8. The predicted octanol–water partition coefficient (Wildman–Crippen LogP) is 3.84. The number of nitrogens with zero attached hydrogens (tertiary/aromatic N) is 4. The van der Waals surface area contributed by atoms with Gasteiger partial charge in [-0.1, -0.05) is 23.2 Å². The summed E-state index contributed by atoms with van der Waals surface area (Å²) in [6.45, 7) is 1.12. The maximum atomic E-state index is 13.0. The molecule has 0 aliphatic carbocycles. The summed E-state index contributed by atoms with van der Waals surface area (Å²) in [6, 6.07) is 4.89. The molecule has 1 aromatic carbocycles. The first kappa shape index (κ1) is 22.8. The SMILES string of the molecule is CC(NC(=O)c1cc(Cl)cc(C(F)(F)F)c1)c1nc(NCO)nn1-c1ccc(Cl)cn1. The van der Waals surface area contributed by atoms with Crippen LogP contribution in [-0.2, 0) is 6.18 Å². The molecule has 0 bridgehead atoms. The summed E-state index contributed by atoms with van der Waals surface area (Å²) in [4.78, 5) is 20.9. The van der Waals surface area contributed by atoms with Gasteiger partial charge in [0.2, 0.25) is 5.95 Å². The number of benzene rings is 1. The minimum atomic E-state index is -4.66. The number of nitrogens with one attached hydrogen (secondary N) is 2. The molecule has 3 N–H and O–H groups in total. The number of rotatable bonds is 6. The molecule has 31 heavy (non-hydrogen) atoms. The van der Waals surface area contributed by atoms with E-state index in [1.165, 1.54) is 10.9 Å². The number of hydrogen-bond acceptors (Lipinski definition) is 6. The minimum absolute atomic E-state index is 0.0532. The number of aliphatic hydroxyl groups is 1. The number of hydrogen-bond donors (Lipinski definition) is 3. The third-order valence-electron chi connectivity index (χ3n) is 4.02. The van der Waals surface area contributed by atoms with E-state index in [0.29, 0.717) is 16.9 Å². The first-order valence-electron chi connectivity index (χ1n) is 8.70. The fourth-order valence-electron chi connectivity index (χ4n) is 2.64. The summed E-state index contributed by atoms with van der Waals surface area (Å²) >= 11 is 11.6. The molecule has 2 heterocycles. The van der Waals surface area contributed by atoms with Gasteiger partial charge in [-0.05, 0) is 37.3 Å². The Morgan fingerprint density at radius 2 is 1.97 bits per heavy atom. The third-order valence-corrected chi connectivity index (χ3v) is 4.46. The van der Waals surface area contributed by atoms with Gasteiger partial charge in [0.05, 0.1) is 16.6 Å². The first-order chi connectivity index (χ1) is 14.6. The van der Waals surface area contributed by atoms with Gasteiger partial charge in [-0.15, -0.1) is 5.10 Å². The van der Waals surface area contributed by atoms with Crippen LogP contribution in [0.4, 0.5) is 19.1 Å². The number of anilines is 1. The highest BCUT2D eigenvalue weighted by atomic mass is 35.5. The molecule has 1 amide bonds. The topological polar surface area (TPSA) is 105 Å². The van der Waals surface area contributed by atoms with Crippen molar-refractivity contribution in [2.75, 3.05) is 12.0 Å². The van der Waals surface area contributed by atoms with E-state index >= 15 is 0 Å². The second-order valence-corrected chi connectivity index (χ2v) is 7.17.